The van der Waals surface area contributed by atoms with E-state index in [2.05, 4.69) is 5.32 Å². The topological polar surface area (TPSA) is 119 Å². The molecule has 2 aliphatic rings. The Labute approximate surface area is 158 Å². The van der Waals surface area contributed by atoms with Crippen molar-refractivity contribution < 1.29 is 18.5 Å². The fraction of sp³-hybridized carbons (Fsp3) is 1.00. The monoisotopic (exact) mass is 390 g/mol. The van der Waals surface area contributed by atoms with Crippen LogP contribution in [0.1, 0.15) is 46.0 Å². The molecule has 2 aliphatic heterocycles. The predicted octanol–water partition coefficient (Wildman–Crippen LogP) is -0.403. The lowest BCUT2D eigenvalue weighted by Crippen LogP contribution is -2.54. The van der Waals surface area contributed by atoms with Gasteiger partial charge in [-0.3, -0.25) is 0 Å². The summed E-state index contributed by atoms with van der Waals surface area (Å²) in [6, 6.07) is 0.00122. The third-order valence-electron chi connectivity index (χ3n) is 5.63. The lowest BCUT2D eigenvalue weighted by molar-refractivity contribution is 0.248. The molecular weight excluding hydrogens is 355 g/mol. The quantitative estimate of drug-likeness (QED) is 0.398. The van der Waals surface area contributed by atoms with E-state index < -0.39 is 22.9 Å². The van der Waals surface area contributed by atoms with Gasteiger partial charge in [0.1, 0.15) is 0 Å². The highest BCUT2D eigenvalue weighted by molar-refractivity contribution is 7.86. The van der Waals surface area contributed by atoms with E-state index in [-0.39, 0.29) is 18.3 Å². The van der Waals surface area contributed by atoms with Crippen molar-refractivity contribution in [3.8, 4) is 0 Å². The van der Waals surface area contributed by atoms with E-state index in [4.69, 9.17) is 15.8 Å². The number of nitrogens with one attached hydrogen (secondary N) is 1. The molecule has 3 atom stereocenters. The van der Waals surface area contributed by atoms with Gasteiger partial charge in [-0.1, -0.05) is 13.3 Å². The van der Waals surface area contributed by atoms with Crippen LogP contribution >= 0.6 is 0 Å². The number of nitrogens with zero attached hydrogens (tertiary/aromatic N) is 2. The summed E-state index contributed by atoms with van der Waals surface area (Å²) >= 11 is 0. The van der Waals surface area contributed by atoms with Crippen molar-refractivity contribution >= 4 is 17.3 Å². The number of hydrogen-bond acceptors (Lipinski definition) is 6. The van der Waals surface area contributed by atoms with Gasteiger partial charge in [0, 0.05) is 37.8 Å². The molecule has 8 nitrogen and oxygen atoms in total. The van der Waals surface area contributed by atoms with Crippen molar-refractivity contribution in [1.82, 2.24) is 13.9 Å². The Balaban J connectivity index is 2.08. The molecule has 2 fully saturated rings. The summed E-state index contributed by atoms with van der Waals surface area (Å²) < 4.78 is 29.9. The van der Waals surface area contributed by atoms with Crippen LogP contribution in [0.15, 0.2) is 0 Å². The van der Waals surface area contributed by atoms with Gasteiger partial charge < -0.3 is 21.1 Å². The maximum Gasteiger partial charge on any atom is 0.451 e. The maximum absolute atomic E-state index is 13.3. The second-order valence-electron chi connectivity index (χ2n) is 8.03. The lowest BCUT2D eigenvalue weighted by atomic mass is 9.79. The average molecular weight is 390 g/mol. The van der Waals surface area contributed by atoms with Gasteiger partial charge >= 0.3 is 7.12 Å². The van der Waals surface area contributed by atoms with Crippen molar-refractivity contribution in [2.45, 2.75) is 63.9 Å². The summed E-state index contributed by atoms with van der Waals surface area (Å²) in [5.74, 6) is 0.0176. The molecule has 10 heteroatoms. The van der Waals surface area contributed by atoms with Gasteiger partial charge in [-0.2, -0.15) is 17.0 Å². The Morgan fingerprint density at radius 3 is 2.73 bits per heavy atom. The zero-order chi connectivity index (χ0) is 19.4. The first-order chi connectivity index (χ1) is 12.2. The van der Waals surface area contributed by atoms with Crippen molar-refractivity contribution in [2.75, 3.05) is 32.7 Å². The molecule has 26 heavy (non-hydrogen) atoms. The van der Waals surface area contributed by atoms with Crippen LogP contribution in [0.4, 0.5) is 0 Å². The minimum atomic E-state index is -3.56. The van der Waals surface area contributed by atoms with E-state index in [1.165, 1.54) is 4.31 Å². The van der Waals surface area contributed by atoms with E-state index in [0.717, 1.165) is 25.8 Å². The third kappa shape index (κ3) is 5.40. The molecule has 5 N–H and O–H groups in total. The standard InChI is InChI=1S/C16H35BN4O4S/c1-3-10-21(15-7-5-9-19-11-15)26(24,25)20-12-14(16(2,18)13-20)6-4-8-17(22)23/h14-15,19,22-23H,3-13,18H2,1-2H3/t14-,15+,16-/m0/s1. The van der Waals surface area contributed by atoms with Crippen LogP contribution in [-0.4, -0.2) is 78.5 Å². The molecule has 0 aromatic rings. The molecule has 0 aromatic heterocycles. The first-order valence-corrected chi connectivity index (χ1v) is 11.2. The molecule has 2 rings (SSSR count). The summed E-state index contributed by atoms with van der Waals surface area (Å²) in [7, 11) is -4.88. The predicted molar refractivity (Wildman–Crippen MR) is 104 cm³/mol. The summed E-state index contributed by atoms with van der Waals surface area (Å²) in [5, 5.41) is 21.3. The molecule has 0 saturated carbocycles. The Kier molecular flexibility index (Phi) is 7.91. The van der Waals surface area contributed by atoms with Gasteiger partial charge in [0.05, 0.1) is 0 Å². The van der Waals surface area contributed by atoms with Gasteiger partial charge in [0.2, 0.25) is 0 Å². The SMILES string of the molecule is CCCN([C@@H]1CCCNC1)S(=O)(=O)N1C[C@H](CCCB(O)O)[C@@](C)(N)C1. The van der Waals surface area contributed by atoms with Crippen LogP contribution in [0.3, 0.4) is 0 Å². The largest absolute Gasteiger partial charge is 0.451 e. The normalized spacial score (nSPS) is 30.8. The van der Waals surface area contributed by atoms with Crippen molar-refractivity contribution in [3.63, 3.8) is 0 Å². The average Bonchev–Trinajstić information content (AvgIpc) is 2.88. The highest BCUT2D eigenvalue weighted by Gasteiger charge is 2.46. The van der Waals surface area contributed by atoms with Crippen LogP contribution in [0.25, 0.3) is 0 Å². The van der Waals surface area contributed by atoms with E-state index in [1.54, 1.807) is 4.31 Å². The molecule has 152 valence electrons. The van der Waals surface area contributed by atoms with E-state index >= 15 is 0 Å². The van der Waals surface area contributed by atoms with Crippen molar-refractivity contribution in [3.05, 3.63) is 0 Å². The smallest absolute Gasteiger partial charge is 0.427 e. The number of rotatable bonds is 9. The fourth-order valence-electron chi connectivity index (χ4n) is 4.11. The van der Waals surface area contributed by atoms with Crippen LogP contribution in [0.5, 0.6) is 0 Å². The lowest BCUT2D eigenvalue weighted by Gasteiger charge is -2.36. The first kappa shape index (κ1) is 22.1. The molecule has 0 aromatic carbocycles. The molecule has 0 spiro atoms. The first-order valence-electron chi connectivity index (χ1n) is 9.81. The van der Waals surface area contributed by atoms with Gasteiger partial charge in [-0.15, -0.1) is 0 Å². The zero-order valence-electron chi connectivity index (χ0n) is 16.1. The summed E-state index contributed by atoms with van der Waals surface area (Å²) in [4.78, 5) is 0. The zero-order valence-corrected chi connectivity index (χ0v) is 16.9. The highest BCUT2D eigenvalue weighted by atomic mass is 32.2. The van der Waals surface area contributed by atoms with Gasteiger partial charge in [-0.25, -0.2) is 0 Å². The molecule has 2 heterocycles. The Bertz CT molecular complexity index is 540. The second kappa shape index (κ2) is 9.31. The molecule has 0 unspecified atom stereocenters. The van der Waals surface area contributed by atoms with E-state index in [0.29, 0.717) is 39.0 Å². The van der Waals surface area contributed by atoms with Crippen molar-refractivity contribution in [1.29, 1.82) is 0 Å². The second-order valence-corrected chi connectivity index (χ2v) is 9.91. The number of hydrogen-bond donors (Lipinski definition) is 4. The van der Waals surface area contributed by atoms with Gasteiger partial charge in [0.15, 0.2) is 0 Å². The fourth-order valence-corrected chi connectivity index (χ4v) is 6.18. The van der Waals surface area contributed by atoms with E-state index in [9.17, 15) is 8.42 Å². The van der Waals surface area contributed by atoms with Gasteiger partial charge in [-0.05, 0) is 51.4 Å². The van der Waals surface area contributed by atoms with Crippen LogP contribution in [-0.2, 0) is 10.2 Å². The highest BCUT2D eigenvalue weighted by Crippen LogP contribution is 2.33. The number of piperidine rings is 1. The molecule has 0 bridgehead atoms. The summed E-state index contributed by atoms with van der Waals surface area (Å²) in [6.45, 7) is 6.77. The maximum atomic E-state index is 13.3. The Morgan fingerprint density at radius 2 is 2.15 bits per heavy atom. The number of nitrogens with two attached hydrogens (primary N) is 1. The van der Waals surface area contributed by atoms with Crippen LogP contribution < -0.4 is 11.1 Å². The molecule has 0 aliphatic carbocycles. The molecular formula is C16H35BN4O4S. The molecule has 0 amide bonds. The van der Waals surface area contributed by atoms with Gasteiger partial charge in [0.25, 0.3) is 10.2 Å². The third-order valence-corrected chi connectivity index (χ3v) is 7.64. The Morgan fingerprint density at radius 1 is 1.42 bits per heavy atom. The van der Waals surface area contributed by atoms with E-state index in [1.807, 2.05) is 13.8 Å². The Hall–Kier alpha value is -0.225. The minimum Gasteiger partial charge on any atom is -0.427 e. The van der Waals surface area contributed by atoms with Crippen molar-refractivity contribution in [2.24, 2.45) is 11.7 Å². The minimum absolute atomic E-state index is 0.00122. The van der Waals surface area contributed by atoms with Crippen LogP contribution in [0, 0.1) is 5.92 Å². The summed E-state index contributed by atoms with van der Waals surface area (Å²) in [5.41, 5.74) is 5.82. The van der Waals surface area contributed by atoms with Crippen LogP contribution in [0.2, 0.25) is 6.32 Å². The molecule has 0 radical (unpaired) electrons. The molecule has 2 saturated heterocycles. The summed E-state index contributed by atoms with van der Waals surface area (Å²) in [6.07, 6.45) is 4.25.